The molecule has 0 saturated carbocycles. The monoisotopic (exact) mass is 182 g/mol. The van der Waals surface area contributed by atoms with Crippen molar-refractivity contribution in [2.24, 2.45) is 10.9 Å². The Labute approximate surface area is 49.0 Å². The summed E-state index contributed by atoms with van der Waals surface area (Å²) in [5.41, 5.74) is 0. The van der Waals surface area contributed by atoms with E-state index in [9.17, 15) is 0 Å². The van der Waals surface area contributed by atoms with E-state index in [1.165, 1.54) is 0 Å². The number of hydrazone groups is 1. The predicted octanol–water partition coefficient (Wildman–Crippen LogP) is -0.0374. The summed E-state index contributed by atoms with van der Waals surface area (Å²) in [6.07, 6.45) is 0. The van der Waals surface area contributed by atoms with Crippen LogP contribution < -0.4 is 5.84 Å². The van der Waals surface area contributed by atoms with Gasteiger partial charge in [-0.1, -0.05) is 0 Å². The van der Waals surface area contributed by atoms with E-state index in [1.807, 2.05) is 20.0 Å². The summed E-state index contributed by atoms with van der Waals surface area (Å²) in [5.74, 6) is 4.90. The van der Waals surface area contributed by atoms with E-state index in [-0.39, 0.29) is 13.4 Å². The van der Waals surface area contributed by atoms with Crippen molar-refractivity contribution in [3.8, 4) is 0 Å². The van der Waals surface area contributed by atoms with Gasteiger partial charge in [0.25, 0.3) is 0 Å². The Balaban J connectivity index is 2.34. The van der Waals surface area contributed by atoms with E-state index >= 15 is 0 Å². The summed E-state index contributed by atoms with van der Waals surface area (Å²) < 4.78 is 1.06. The van der Waals surface area contributed by atoms with Crippen molar-refractivity contribution in [1.82, 2.24) is 0 Å². The van der Waals surface area contributed by atoms with Gasteiger partial charge in [0.2, 0.25) is 0 Å². The maximum atomic E-state index is 4.90. The van der Waals surface area contributed by atoms with Gasteiger partial charge in [-0.05, 0) is 0 Å². The molecule has 0 bridgehead atoms. The summed E-state index contributed by atoms with van der Waals surface area (Å²) in [6.45, 7) is 0. The van der Waals surface area contributed by atoms with Crippen molar-refractivity contribution in [3.05, 3.63) is 0 Å². The first kappa shape index (κ1) is 4.88. The minimum absolute atomic E-state index is 0.264. The zero-order valence-electron chi connectivity index (χ0n) is 2.84. The molecule has 1 rings (SSSR count). The average Bonchev–Trinajstić information content (AvgIpc) is 1.31. The molecule has 1 aliphatic rings. The van der Waals surface area contributed by atoms with Crippen LogP contribution in [0.5, 0.6) is 0 Å². The van der Waals surface area contributed by atoms with E-state index in [4.69, 9.17) is 5.84 Å². The molecule has 2 nitrogen and oxygen atoms in total. The molecule has 0 amide bonds. The zero-order valence-corrected chi connectivity index (χ0v) is 6.57. The molecule has 5 heteroatoms. The second kappa shape index (κ2) is 2.14. The van der Waals surface area contributed by atoms with Gasteiger partial charge in [-0.25, -0.2) is 0 Å². The van der Waals surface area contributed by atoms with Crippen molar-refractivity contribution >= 4 is 37.9 Å². The Morgan fingerprint density at radius 1 is 1.67 bits per heavy atom. The molecule has 34 valence electrons. The number of hydrogen-bond donors (Lipinski definition) is 1. The quantitative estimate of drug-likeness (QED) is 0.324. The molecule has 2 N–H and O–H groups in total. The fourth-order valence-corrected chi connectivity index (χ4v) is 4.51. The third kappa shape index (κ3) is 0.863. The maximum absolute atomic E-state index is 4.90. The second-order valence-corrected chi connectivity index (χ2v) is 8.51. The normalized spacial score (nSPS) is 23.7. The molecule has 6 heavy (non-hydrogen) atoms. The van der Waals surface area contributed by atoms with Crippen LogP contribution in [0.2, 0.25) is 0 Å². The number of nitrogens with two attached hydrogens (primary N) is 1. The van der Waals surface area contributed by atoms with Crippen LogP contribution in [0.3, 0.4) is 0 Å². The molecule has 0 aromatic carbocycles. The fourth-order valence-electron chi connectivity index (χ4n) is 0.132. The van der Waals surface area contributed by atoms with E-state index in [1.54, 1.807) is 0 Å². The van der Waals surface area contributed by atoms with E-state index in [2.05, 4.69) is 5.10 Å². The Hall–Kier alpha value is 0.728. The molecule has 0 aliphatic carbocycles. The Bertz CT molecular complexity index is 75.6. The Kier molecular flexibility index (Phi) is 1.74. The SMILES string of the molecule is NN=C1S[AsH]S1. The summed E-state index contributed by atoms with van der Waals surface area (Å²) in [5, 5.41) is 3.47. The molecule has 1 aliphatic heterocycles. The molecule has 1 saturated heterocycles. The zero-order chi connectivity index (χ0) is 4.41. The van der Waals surface area contributed by atoms with Crippen molar-refractivity contribution in [1.29, 1.82) is 0 Å². The van der Waals surface area contributed by atoms with Gasteiger partial charge in [0.15, 0.2) is 0 Å². The van der Waals surface area contributed by atoms with Crippen LogP contribution in [0, 0.1) is 0 Å². The number of hydrogen-bond acceptors (Lipinski definition) is 4. The standard InChI is InChI=1S/CH3AsN2S2/c3-4-1-5-2-6-1/h2H,3H2. The minimum atomic E-state index is 0.264. The van der Waals surface area contributed by atoms with Crippen LogP contribution >= 0.6 is 20.0 Å². The van der Waals surface area contributed by atoms with E-state index in [0.29, 0.717) is 0 Å². The topological polar surface area (TPSA) is 38.4 Å². The van der Waals surface area contributed by atoms with E-state index in [0.717, 1.165) is 4.38 Å². The van der Waals surface area contributed by atoms with Crippen LogP contribution in [-0.4, -0.2) is 17.8 Å². The van der Waals surface area contributed by atoms with Gasteiger partial charge in [0, 0.05) is 0 Å². The van der Waals surface area contributed by atoms with Gasteiger partial charge in [-0.2, -0.15) is 0 Å². The second-order valence-electron chi connectivity index (χ2n) is 0.682. The fraction of sp³-hybridized carbons (Fsp3) is 0. The first-order valence-electron chi connectivity index (χ1n) is 1.30. The summed E-state index contributed by atoms with van der Waals surface area (Å²) in [7, 11) is 3.64. The Morgan fingerprint density at radius 2 is 2.33 bits per heavy atom. The van der Waals surface area contributed by atoms with Crippen molar-refractivity contribution < 1.29 is 0 Å². The summed E-state index contributed by atoms with van der Waals surface area (Å²) in [4.78, 5) is 0. The average molecular weight is 182 g/mol. The molecule has 1 heterocycles. The van der Waals surface area contributed by atoms with E-state index < -0.39 is 0 Å². The molecular weight excluding hydrogens is 179 g/mol. The van der Waals surface area contributed by atoms with Crippen molar-refractivity contribution in [3.63, 3.8) is 0 Å². The van der Waals surface area contributed by atoms with Gasteiger partial charge >= 0.3 is 48.8 Å². The van der Waals surface area contributed by atoms with Gasteiger partial charge in [-0.15, -0.1) is 0 Å². The Morgan fingerprint density at radius 3 is 2.33 bits per heavy atom. The van der Waals surface area contributed by atoms with Gasteiger partial charge < -0.3 is 0 Å². The molecule has 0 radical (unpaired) electrons. The van der Waals surface area contributed by atoms with Crippen molar-refractivity contribution in [2.45, 2.75) is 0 Å². The molecule has 1 fully saturated rings. The van der Waals surface area contributed by atoms with Gasteiger partial charge in [0.05, 0.1) is 0 Å². The number of nitrogens with zero attached hydrogens (tertiary/aromatic N) is 1. The molecule has 0 aromatic heterocycles. The summed E-state index contributed by atoms with van der Waals surface area (Å²) >= 11 is 0.264. The van der Waals surface area contributed by atoms with Crippen LogP contribution in [0.1, 0.15) is 0 Å². The van der Waals surface area contributed by atoms with Crippen LogP contribution in [0.15, 0.2) is 5.10 Å². The van der Waals surface area contributed by atoms with Crippen LogP contribution in [0.25, 0.3) is 0 Å². The van der Waals surface area contributed by atoms with Gasteiger partial charge in [-0.3, -0.25) is 0 Å². The third-order valence-electron chi connectivity index (χ3n) is 0.363. The molecule has 0 aromatic rings. The van der Waals surface area contributed by atoms with Gasteiger partial charge in [0.1, 0.15) is 0 Å². The molecule has 0 atom stereocenters. The molecule has 0 unspecified atom stereocenters. The molecule has 0 spiro atoms. The molecular formula is CH3AsN2S2. The van der Waals surface area contributed by atoms with Crippen LogP contribution in [-0.2, 0) is 0 Å². The number of rotatable bonds is 0. The predicted molar refractivity (Wildman–Crippen MR) is 34.0 cm³/mol. The summed E-state index contributed by atoms with van der Waals surface area (Å²) in [6, 6.07) is 0. The first-order chi connectivity index (χ1) is 2.93. The third-order valence-corrected chi connectivity index (χ3v) is 9.53. The van der Waals surface area contributed by atoms with Crippen molar-refractivity contribution in [2.75, 3.05) is 0 Å². The first-order valence-corrected chi connectivity index (χ1v) is 8.07. The van der Waals surface area contributed by atoms with Crippen LogP contribution in [0.4, 0.5) is 0 Å².